The highest BCUT2D eigenvalue weighted by Crippen LogP contribution is 2.13. The summed E-state index contributed by atoms with van der Waals surface area (Å²) >= 11 is 1.40. The van der Waals surface area contributed by atoms with Crippen molar-refractivity contribution in [1.82, 2.24) is 20.1 Å². The third-order valence-corrected chi connectivity index (χ3v) is 3.57. The van der Waals surface area contributed by atoms with Crippen LogP contribution in [0.1, 0.15) is 12.5 Å². The molecule has 0 aliphatic heterocycles. The molecule has 1 aromatic heterocycles. The van der Waals surface area contributed by atoms with E-state index in [1.165, 1.54) is 11.8 Å². The molecule has 0 atom stereocenters. The molecule has 1 N–H and O–H groups in total. The van der Waals surface area contributed by atoms with Gasteiger partial charge in [-0.05, 0) is 12.5 Å². The molecule has 6 heteroatoms. The second kappa shape index (κ2) is 6.94. The van der Waals surface area contributed by atoms with Gasteiger partial charge in [0.25, 0.3) is 0 Å². The van der Waals surface area contributed by atoms with E-state index in [1.54, 1.807) is 6.33 Å². The van der Waals surface area contributed by atoms with Crippen molar-refractivity contribution in [1.29, 1.82) is 0 Å². The van der Waals surface area contributed by atoms with E-state index in [-0.39, 0.29) is 5.91 Å². The monoisotopic (exact) mass is 276 g/mol. The number of nitrogens with one attached hydrogen (secondary N) is 1. The van der Waals surface area contributed by atoms with Crippen LogP contribution in [0.4, 0.5) is 0 Å². The second-order valence-corrected chi connectivity index (χ2v) is 4.89. The minimum absolute atomic E-state index is 0.000457. The molecule has 0 aliphatic rings. The van der Waals surface area contributed by atoms with Gasteiger partial charge in [0.05, 0.1) is 5.75 Å². The molecule has 2 rings (SSSR count). The van der Waals surface area contributed by atoms with Crippen LogP contribution in [0.5, 0.6) is 0 Å². The average Bonchev–Trinajstić information content (AvgIpc) is 2.91. The molecule has 100 valence electrons. The third-order valence-electron chi connectivity index (χ3n) is 2.59. The first-order valence-corrected chi connectivity index (χ1v) is 7.09. The molecule has 1 aromatic carbocycles. The number of thioether (sulfide) groups is 1. The minimum Gasteiger partial charge on any atom is -0.351 e. The van der Waals surface area contributed by atoms with Crippen molar-refractivity contribution in [3.05, 3.63) is 42.2 Å². The van der Waals surface area contributed by atoms with Crippen molar-refractivity contribution in [3.8, 4) is 0 Å². The molecule has 1 amide bonds. The van der Waals surface area contributed by atoms with Crippen molar-refractivity contribution in [2.24, 2.45) is 0 Å². The largest absolute Gasteiger partial charge is 0.351 e. The highest BCUT2D eigenvalue weighted by Gasteiger charge is 2.07. The van der Waals surface area contributed by atoms with Crippen molar-refractivity contribution in [3.63, 3.8) is 0 Å². The number of benzene rings is 1. The molecule has 19 heavy (non-hydrogen) atoms. The molecule has 0 unspecified atom stereocenters. The molecule has 0 saturated heterocycles. The highest BCUT2D eigenvalue weighted by atomic mass is 32.2. The maximum atomic E-state index is 11.7. The van der Waals surface area contributed by atoms with Gasteiger partial charge in [-0.25, -0.2) is 0 Å². The molecule has 0 fully saturated rings. The smallest absolute Gasteiger partial charge is 0.230 e. The molecular formula is C13H16N4OS. The Morgan fingerprint density at radius 2 is 2.16 bits per heavy atom. The number of carbonyl (C=O) groups is 1. The fourth-order valence-electron chi connectivity index (χ4n) is 1.55. The minimum atomic E-state index is -0.000457. The van der Waals surface area contributed by atoms with Crippen LogP contribution in [-0.2, 0) is 17.9 Å². The van der Waals surface area contributed by atoms with Crippen molar-refractivity contribution >= 4 is 17.7 Å². The van der Waals surface area contributed by atoms with Crippen LogP contribution in [0, 0.1) is 0 Å². The van der Waals surface area contributed by atoms with Gasteiger partial charge in [0.1, 0.15) is 6.33 Å². The molecule has 2 aromatic rings. The summed E-state index contributed by atoms with van der Waals surface area (Å²) in [6, 6.07) is 9.85. The van der Waals surface area contributed by atoms with Gasteiger partial charge >= 0.3 is 0 Å². The number of amides is 1. The van der Waals surface area contributed by atoms with E-state index in [0.29, 0.717) is 12.3 Å². The normalized spacial score (nSPS) is 10.4. The van der Waals surface area contributed by atoms with Gasteiger partial charge < -0.3 is 9.88 Å². The predicted octanol–water partition coefficient (Wildman–Crippen LogP) is 1.71. The van der Waals surface area contributed by atoms with E-state index in [9.17, 15) is 4.79 Å². The average molecular weight is 276 g/mol. The number of hydrogen-bond acceptors (Lipinski definition) is 4. The summed E-state index contributed by atoms with van der Waals surface area (Å²) in [5, 5.41) is 11.5. The molecule has 0 spiro atoms. The van der Waals surface area contributed by atoms with Crippen LogP contribution in [-0.4, -0.2) is 26.4 Å². The van der Waals surface area contributed by atoms with Crippen LogP contribution >= 0.6 is 11.8 Å². The number of aryl methyl sites for hydroxylation is 1. The third kappa shape index (κ3) is 4.10. The SMILES string of the molecule is CCn1cnnc1SCC(=O)NCc1ccccc1. The summed E-state index contributed by atoms with van der Waals surface area (Å²) in [5.41, 5.74) is 1.09. The van der Waals surface area contributed by atoms with Gasteiger partial charge in [0.15, 0.2) is 5.16 Å². The Balaban J connectivity index is 1.76. The first kappa shape index (κ1) is 13.6. The van der Waals surface area contributed by atoms with Gasteiger partial charge in [-0.1, -0.05) is 42.1 Å². The Hall–Kier alpha value is -1.82. The lowest BCUT2D eigenvalue weighted by Gasteiger charge is -2.05. The van der Waals surface area contributed by atoms with Crippen LogP contribution in [0.15, 0.2) is 41.8 Å². The first-order chi connectivity index (χ1) is 9.29. The lowest BCUT2D eigenvalue weighted by molar-refractivity contribution is -0.118. The maximum absolute atomic E-state index is 11.7. The molecule has 0 bridgehead atoms. The zero-order valence-electron chi connectivity index (χ0n) is 10.7. The van der Waals surface area contributed by atoms with Crippen LogP contribution in [0.25, 0.3) is 0 Å². The van der Waals surface area contributed by atoms with Crippen LogP contribution in [0.3, 0.4) is 0 Å². The van der Waals surface area contributed by atoms with E-state index in [1.807, 2.05) is 41.8 Å². The number of nitrogens with zero attached hydrogens (tertiary/aromatic N) is 3. The van der Waals surface area contributed by atoms with Gasteiger partial charge in [-0.3, -0.25) is 4.79 Å². The molecule has 1 heterocycles. The molecule has 5 nitrogen and oxygen atoms in total. The summed E-state index contributed by atoms with van der Waals surface area (Å²) in [5.74, 6) is 0.352. The zero-order valence-corrected chi connectivity index (χ0v) is 11.6. The molecular weight excluding hydrogens is 260 g/mol. The van der Waals surface area contributed by atoms with Crippen molar-refractivity contribution < 1.29 is 4.79 Å². The van der Waals surface area contributed by atoms with E-state index >= 15 is 0 Å². The molecule has 0 radical (unpaired) electrons. The van der Waals surface area contributed by atoms with Crippen LogP contribution < -0.4 is 5.32 Å². The Morgan fingerprint density at radius 3 is 2.89 bits per heavy atom. The topological polar surface area (TPSA) is 59.8 Å². The zero-order chi connectivity index (χ0) is 13.5. The van der Waals surface area contributed by atoms with E-state index < -0.39 is 0 Å². The number of rotatable bonds is 6. The lowest BCUT2D eigenvalue weighted by Crippen LogP contribution is -2.24. The number of aromatic nitrogens is 3. The summed E-state index contributed by atoms with van der Waals surface area (Å²) in [6.45, 7) is 3.38. The maximum Gasteiger partial charge on any atom is 0.230 e. The Kier molecular flexibility index (Phi) is 4.97. The fourth-order valence-corrected chi connectivity index (χ4v) is 2.36. The van der Waals surface area contributed by atoms with Crippen molar-refractivity contribution in [2.45, 2.75) is 25.2 Å². The number of hydrogen-bond donors (Lipinski definition) is 1. The quantitative estimate of drug-likeness (QED) is 0.816. The Bertz CT molecular complexity index is 526. The highest BCUT2D eigenvalue weighted by molar-refractivity contribution is 7.99. The Labute approximate surface area is 116 Å². The first-order valence-electron chi connectivity index (χ1n) is 6.11. The van der Waals surface area contributed by atoms with E-state index in [4.69, 9.17) is 0 Å². The standard InChI is InChI=1S/C13H16N4OS/c1-2-17-10-15-16-13(17)19-9-12(18)14-8-11-6-4-3-5-7-11/h3-7,10H,2,8-9H2,1H3,(H,14,18). The van der Waals surface area contributed by atoms with E-state index in [0.717, 1.165) is 17.3 Å². The van der Waals surface area contributed by atoms with Gasteiger partial charge in [0.2, 0.25) is 5.91 Å². The molecule has 0 saturated carbocycles. The fraction of sp³-hybridized carbons (Fsp3) is 0.308. The molecule has 0 aliphatic carbocycles. The summed E-state index contributed by atoms with van der Waals surface area (Å²) in [4.78, 5) is 11.7. The van der Waals surface area contributed by atoms with Gasteiger partial charge in [-0.15, -0.1) is 10.2 Å². The number of carbonyl (C=O) groups excluding carboxylic acids is 1. The second-order valence-electron chi connectivity index (χ2n) is 3.95. The van der Waals surface area contributed by atoms with E-state index in [2.05, 4.69) is 15.5 Å². The van der Waals surface area contributed by atoms with Gasteiger partial charge in [0, 0.05) is 13.1 Å². The Morgan fingerprint density at radius 1 is 1.37 bits per heavy atom. The summed E-state index contributed by atoms with van der Waals surface area (Å²) in [6.07, 6.45) is 1.67. The predicted molar refractivity (Wildman–Crippen MR) is 74.7 cm³/mol. The summed E-state index contributed by atoms with van der Waals surface area (Å²) < 4.78 is 1.91. The van der Waals surface area contributed by atoms with Crippen molar-refractivity contribution in [2.75, 3.05) is 5.75 Å². The lowest BCUT2D eigenvalue weighted by atomic mass is 10.2. The van der Waals surface area contributed by atoms with Crippen LogP contribution in [0.2, 0.25) is 0 Å². The summed E-state index contributed by atoms with van der Waals surface area (Å²) in [7, 11) is 0. The van der Waals surface area contributed by atoms with Gasteiger partial charge in [-0.2, -0.15) is 0 Å².